The first-order chi connectivity index (χ1) is 12.0. The maximum absolute atomic E-state index is 12.4. The Bertz CT molecular complexity index is 830. The molecule has 0 unspecified atom stereocenters. The fourth-order valence-corrected chi connectivity index (χ4v) is 4.88. The van der Waals surface area contributed by atoms with Gasteiger partial charge >= 0.3 is 0 Å². The largest absolute Gasteiger partial charge is 0.376 e. The highest BCUT2D eigenvalue weighted by Crippen LogP contribution is 2.36. The molecule has 0 spiro atoms. The zero-order valence-electron chi connectivity index (χ0n) is 14.2. The summed E-state index contributed by atoms with van der Waals surface area (Å²) in [5.41, 5.74) is 9.19. The Labute approximate surface area is 154 Å². The number of thiophene rings is 1. The average molecular weight is 377 g/mol. The summed E-state index contributed by atoms with van der Waals surface area (Å²) in [6, 6.07) is 6.17. The van der Waals surface area contributed by atoms with Crippen LogP contribution in [0.1, 0.15) is 31.9 Å². The molecule has 3 rings (SSSR count). The summed E-state index contributed by atoms with van der Waals surface area (Å²) < 4.78 is 5.42. The Balaban J connectivity index is 1.72. The van der Waals surface area contributed by atoms with Crippen molar-refractivity contribution in [3.63, 3.8) is 0 Å². The van der Waals surface area contributed by atoms with E-state index < -0.39 is 5.91 Å². The lowest BCUT2D eigenvalue weighted by Crippen LogP contribution is -2.20. The standard InChI is InChI=1S/C18H20N2O3S2/c1-10-3-4-11(2)13(7-10)24-9-15(21)20-18-16(17(19)22)12-5-6-23-8-14(12)25-18/h3-4,7H,5-6,8-9H2,1-2H3,(H2,19,22)(H,20,21). The molecule has 0 bridgehead atoms. The SMILES string of the molecule is Cc1ccc(C)c(SCC(=O)Nc2sc3c(c2C(N)=O)CCOC3)c1. The molecule has 132 valence electrons. The van der Waals surface area contributed by atoms with Crippen LogP contribution in [0.2, 0.25) is 0 Å². The number of anilines is 1. The minimum absolute atomic E-state index is 0.145. The van der Waals surface area contributed by atoms with E-state index >= 15 is 0 Å². The van der Waals surface area contributed by atoms with E-state index in [2.05, 4.69) is 17.4 Å². The number of rotatable bonds is 5. The van der Waals surface area contributed by atoms with Crippen molar-refractivity contribution in [1.82, 2.24) is 0 Å². The molecule has 1 aromatic carbocycles. The number of amides is 2. The Kier molecular flexibility index (Phi) is 5.46. The van der Waals surface area contributed by atoms with Crippen molar-refractivity contribution in [2.24, 2.45) is 5.73 Å². The number of primary amides is 1. The normalized spacial score (nSPS) is 13.4. The third-order valence-electron chi connectivity index (χ3n) is 4.02. The molecule has 0 fully saturated rings. The van der Waals surface area contributed by atoms with Crippen molar-refractivity contribution in [2.75, 3.05) is 17.7 Å². The molecule has 0 radical (unpaired) electrons. The zero-order chi connectivity index (χ0) is 18.0. The zero-order valence-corrected chi connectivity index (χ0v) is 15.8. The van der Waals surface area contributed by atoms with Gasteiger partial charge in [0, 0.05) is 9.77 Å². The van der Waals surface area contributed by atoms with Crippen LogP contribution in [0, 0.1) is 13.8 Å². The first kappa shape index (κ1) is 18.0. The van der Waals surface area contributed by atoms with Gasteiger partial charge in [0.2, 0.25) is 5.91 Å². The van der Waals surface area contributed by atoms with Crippen molar-refractivity contribution in [2.45, 2.75) is 31.8 Å². The predicted octanol–water partition coefficient (Wildman–Crippen LogP) is 3.27. The van der Waals surface area contributed by atoms with Crippen LogP contribution in [0.3, 0.4) is 0 Å². The lowest BCUT2D eigenvalue weighted by molar-refractivity contribution is -0.113. The van der Waals surface area contributed by atoms with Gasteiger partial charge in [-0.3, -0.25) is 9.59 Å². The topological polar surface area (TPSA) is 81.4 Å². The number of ether oxygens (including phenoxy) is 1. The number of hydrogen-bond donors (Lipinski definition) is 2. The number of carbonyl (C=O) groups is 2. The second-order valence-corrected chi connectivity index (χ2v) is 8.10. The van der Waals surface area contributed by atoms with Gasteiger partial charge in [-0.2, -0.15) is 0 Å². The molecule has 0 aliphatic carbocycles. The fraction of sp³-hybridized carbons (Fsp3) is 0.333. The molecule has 1 aliphatic rings. The van der Waals surface area contributed by atoms with Crippen molar-refractivity contribution < 1.29 is 14.3 Å². The van der Waals surface area contributed by atoms with Gasteiger partial charge < -0.3 is 15.8 Å². The quantitative estimate of drug-likeness (QED) is 0.785. The van der Waals surface area contributed by atoms with Crippen molar-refractivity contribution in [3.05, 3.63) is 45.3 Å². The third-order valence-corrected chi connectivity index (χ3v) is 6.30. The summed E-state index contributed by atoms with van der Waals surface area (Å²) >= 11 is 2.87. The third kappa shape index (κ3) is 4.05. The summed E-state index contributed by atoms with van der Waals surface area (Å²) in [7, 11) is 0. The van der Waals surface area contributed by atoms with E-state index in [0.29, 0.717) is 30.2 Å². The molecule has 1 aromatic heterocycles. The molecule has 1 aliphatic heterocycles. The number of thioether (sulfide) groups is 1. The fourth-order valence-electron chi connectivity index (χ4n) is 2.75. The van der Waals surface area contributed by atoms with Crippen LogP contribution >= 0.6 is 23.1 Å². The number of nitrogens with two attached hydrogens (primary N) is 1. The molecule has 0 saturated carbocycles. The summed E-state index contributed by atoms with van der Waals surface area (Å²) in [5.74, 6) is -0.369. The van der Waals surface area contributed by atoms with Crippen LogP contribution in [0.5, 0.6) is 0 Å². The molecule has 2 aromatic rings. The molecule has 2 amide bonds. The number of aryl methyl sites for hydroxylation is 2. The van der Waals surface area contributed by atoms with Gasteiger partial charge in [-0.1, -0.05) is 17.7 Å². The first-order valence-corrected chi connectivity index (χ1v) is 9.78. The lowest BCUT2D eigenvalue weighted by Gasteiger charge is -2.12. The van der Waals surface area contributed by atoms with Crippen LogP contribution in [0.25, 0.3) is 0 Å². The number of carbonyl (C=O) groups excluding carboxylic acids is 2. The van der Waals surface area contributed by atoms with Gasteiger partial charge in [-0.05, 0) is 37.5 Å². The van der Waals surface area contributed by atoms with Gasteiger partial charge in [-0.25, -0.2) is 0 Å². The number of benzene rings is 1. The maximum Gasteiger partial charge on any atom is 0.251 e. The van der Waals surface area contributed by atoms with Gasteiger partial charge in [-0.15, -0.1) is 23.1 Å². The molecule has 0 atom stereocenters. The second kappa shape index (κ2) is 7.59. The minimum atomic E-state index is -0.503. The Morgan fingerprint density at radius 3 is 2.92 bits per heavy atom. The molecule has 5 nitrogen and oxygen atoms in total. The van der Waals surface area contributed by atoms with Gasteiger partial charge in [0.05, 0.1) is 24.5 Å². The highest BCUT2D eigenvalue weighted by Gasteiger charge is 2.25. The maximum atomic E-state index is 12.4. The van der Waals surface area contributed by atoms with E-state index in [4.69, 9.17) is 10.5 Å². The molecule has 0 saturated heterocycles. The summed E-state index contributed by atoms with van der Waals surface area (Å²) in [4.78, 5) is 26.2. The molecular weight excluding hydrogens is 356 g/mol. The predicted molar refractivity (Wildman–Crippen MR) is 101 cm³/mol. The molecule has 7 heteroatoms. The monoisotopic (exact) mass is 376 g/mol. The van der Waals surface area contributed by atoms with Crippen molar-refractivity contribution in [1.29, 1.82) is 0 Å². The first-order valence-electron chi connectivity index (χ1n) is 7.97. The molecular formula is C18H20N2O3S2. The Morgan fingerprint density at radius 1 is 1.36 bits per heavy atom. The van der Waals surface area contributed by atoms with Crippen LogP contribution in [0.4, 0.5) is 5.00 Å². The Hall–Kier alpha value is -1.83. The van der Waals surface area contributed by atoms with E-state index in [1.165, 1.54) is 23.1 Å². The van der Waals surface area contributed by atoms with Gasteiger partial charge in [0.1, 0.15) is 5.00 Å². The van der Waals surface area contributed by atoms with Crippen LogP contribution < -0.4 is 11.1 Å². The lowest BCUT2D eigenvalue weighted by atomic mass is 10.1. The van der Waals surface area contributed by atoms with Crippen LogP contribution in [-0.4, -0.2) is 24.2 Å². The van der Waals surface area contributed by atoms with Crippen molar-refractivity contribution in [3.8, 4) is 0 Å². The van der Waals surface area contributed by atoms with E-state index in [-0.39, 0.29) is 11.7 Å². The van der Waals surface area contributed by atoms with Gasteiger partial charge in [0.15, 0.2) is 0 Å². The van der Waals surface area contributed by atoms with Crippen molar-refractivity contribution >= 4 is 39.9 Å². The smallest absolute Gasteiger partial charge is 0.251 e. The molecule has 3 N–H and O–H groups in total. The summed E-state index contributed by atoms with van der Waals surface area (Å²) in [6.45, 7) is 5.09. The van der Waals surface area contributed by atoms with Crippen LogP contribution in [-0.2, 0) is 22.6 Å². The molecule has 25 heavy (non-hydrogen) atoms. The Morgan fingerprint density at radius 2 is 2.16 bits per heavy atom. The highest BCUT2D eigenvalue weighted by atomic mass is 32.2. The van der Waals surface area contributed by atoms with E-state index in [0.717, 1.165) is 26.5 Å². The number of fused-ring (bicyclic) bond motifs is 1. The number of hydrogen-bond acceptors (Lipinski definition) is 5. The molecule has 2 heterocycles. The second-order valence-electron chi connectivity index (χ2n) is 5.98. The van der Waals surface area contributed by atoms with Gasteiger partial charge in [0.25, 0.3) is 5.91 Å². The number of nitrogens with one attached hydrogen (secondary N) is 1. The van der Waals surface area contributed by atoms with E-state index in [9.17, 15) is 9.59 Å². The summed E-state index contributed by atoms with van der Waals surface area (Å²) in [6.07, 6.45) is 0.650. The minimum Gasteiger partial charge on any atom is -0.376 e. The van der Waals surface area contributed by atoms with Crippen LogP contribution in [0.15, 0.2) is 23.1 Å². The summed E-state index contributed by atoms with van der Waals surface area (Å²) in [5, 5.41) is 3.39. The van der Waals surface area contributed by atoms with E-state index in [1.807, 2.05) is 19.9 Å². The highest BCUT2D eigenvalue weighted by molar-refractivity contribution is 8.00. The van der Waals surface area contributed by atoms with E-state index in [1.54, 1.807) is 0 Å². The average Bonchev–Trinajstić information content (AvgIpc) is 2.93.